The third kappa shape index (κ3) is 7.40. The van der Waals surface area contributed by atoms with Crippen molar-refractivity contribution in [1.82, 2.24) is 4.90 Å². The summed E-state index contributed by atoms with van der Waals surface area (Å²) < 4.78 is 0. The van der Waals surface area contributed by atoms with Crippen molar-refractivity contribution in [3.05, 3.63) is 12.2 Å². The molecule has 0 bridgehead atoms. The van der Waals surface area contributed by atoms with Gasteiger partial charge in [-0.05, 0) is 30.9 Å². The predicted octanol–water partition coefficient (Wildman–Crippen LogP) is 3.07. The fraction of sp³-hybridized carbons (Fsp3) is 0.789. The Hall–Kier alpha value is -1.01. The molecule has 142 valence electrons. The molecule has 1 heterocycles. The van der Waals surface area contributed by atoms with Crippen molar-refractivity contribution in [1.29, 1.82) is 0 Å². The van der Waals surface area contributed by atoms with Crippen LogP contribution in [0.1, 0.15) is 57.8 Å². The van der Waals surface area contributed by atoms with Crippen molar-refractivity contribution < 1.29 is 19.8 Å². The van der Waals surface area contributed by atoms with Crippen LogP contribution in [0, 0.1) is 5.92 Å². The molecule has 2 atom stereocenters. The predicted molar refractivity (Wildman–Crippen MR) is 101 cm³/mol. The highest BCUT2D eigenvalue weighted by molar-refractivity contribution is 7.99. The fourth-order valence-electron chi connectivity index (χ4n) is 3.76. The van der Waals surface area contributed by atoms with Gasteiger partial charge in [0.1, 0.15) is 0 Å². The number of carboxylic acids is 1. The van der Waals surface area contributed by atoms with Crippen LogP contribution >= 0.6 is 11.8 Å². The number of thioether (sulfide) groups is 1. The lowest BCUT2D eigenvalue weighted by Crippen LogP contribution is -2.34. The molecule has 1 aliphatic heterocycles. The number of aliphatic carboxylic acids is 1. The SMILES string of the molecule is O=C(O)CCCSCCN1C(=O)CC[C@@H]1C=C[C@@H](O)CC1CCCC1. The Morgan fingerprint density at radius 1 is 1.28 bits per heavy atom. The number of rotatable bonds is 11. The smallest absolute Gasteiger partial charge is 0.303 e. The van der Waals surface area contributed by atoms with Crippen LogP contribution in [0.25, 0.3) is 0 Å². The van der Waals surface area contributed by atoms with Crippen molar-refractivity contribution in [3.63, 3.8) is 0 Å². The maximum atomic E-state index is 12.1. The highest BCUT2D eigenvalue weighted by Gasteiger charge is 2.28. The Kier molecular flexibility index (Phi) is 8.82. The topological polar surface area (TPSA) is 77.8 Å². The molecule has 1 saturated carbocycles. The van der Waals surface area contributed by atoms with Crippen molar-refractivity contribution >= 4 is 23.6 Å². The first kappa shape index (κ1) is 20.3. The Balaban J connectivity index is 1.68. The number of carbonyl (C=O) groups is 2. The number of hydrogen-bond acceptors (Lipinski definition) is 4. The Labute approximate surface area is 154 Å². The standard InChI is InChI=1S/C19H31NO4S/c21-17(14-15-4-1-2-5-15)9-7-16-8-10-18(22)20(16)11-13-25-12-3-6-19(23)24/h7,9,15-17,21H,1-6,8,10-14H2,(H,23,24)/t16-,17+/m0/s1. The molecule has 25 heavy (non-hydrogen) atoms. The fourth-order valence-corrected chi connectivity index (χ4v) is 4.64. The van der Waals surface area contributed by atoms with Gasteiger partial charge >= 0.3 is 5.97 Å². The van der Waals surface area contributed by atoms with Gasteiger partial charge in [0.2, 0.25) is 5.91 Å². The van der Waals surface area contributed by atoms with Gasteiger partial charge in [0.25, 0.3) is 0 Å². The van der Waals surface area contributed by atoms with Crippen LogP contribution < -0.4 is 0 Å². The molecule has 1 aliphatic carbocycles. The molecule has 0 unspecified atom stereocenters. The van der Waals surface area contributed by atoms with Crippen LogP contribution in [0.5, 0.6) is 0 Å². The monoisotopic (exact) mass is 369 g/mol. The summed E-state index contributed by atoms with van der Waals surface area (Å²) in [4.78, 5) is 24.4. The number of carbonyl (C=O) groups excluding carboxylic acids is 1. The maximum Gasteiger partial charge on any atom is 0.303 e. The summed E-state index contributed by atoms with van der Waals surface area (Å²) in [6.45, 7) is 0.699. The molecular formula is C19H31NO4S. The second-order valence-corrected chi connectivity index (χ2v) is 8.37. The number of nitrogens with zero attached hydrogens (tertiary/aromatic N) is 1. The van der Waals surface area contributed by atoms with E-state index in [0.717, 1.165) is 24.3 Å². The first-order valence-electron chi connectivity index (χ1n) is 9.51. The molecule has 2 aliphatic rings. The van der Waals surface area contributed by atoms with E-state index >= 15 is 0 Å². The molecule has 2 rings (SSSR count). The number of aliphatic hydroxyl groups is 1. The molecular weight excluding hydrogens is 338 g/mol. The maximum absolute atomic E-state index is 12.1. The molecule has 1 saturated heterocycles. The third-order valence-corrected chi connectivity index (χ3v) is 6.18. The number of likely N-dealkylation sites (tertiary alicyclic amines) is 1. The van der Waals surface area contributed by atoms with Crippen molar-refractivity contribution in [2.24, 2.45) is 5.92 Å². The van der Waals surface area contributed by atoms with Crippen molar-refractivity contribution in [3.8, 4) is 0 Å². The molecule has 0 spiro atoms. The van der Waals surface area contributed by atoms with Gasteiger partial charge in [0, 0.05) is 25.1 Å². The average molecular weight is 370 g/mol. The largest absolute Gasteiger partial charge is 0.481 e. The summed E-state index contributed by atoms with van der Waals surface area (Å²) >= 11 is 1.70. The van der Waals surface area contributed by atoms with Crippen LogP contribution in [0.15, 0.2) is 12.2 Å². The minimum Gasteiger partial charge on any atom is -0.481 e. The molecule has 2 N–H and O–H groups in total. The summed E-state index contributed by atoms with van der Waals surface area (Å²) in [7, 11) is 0. The van der Waals surface area contributed by atoms with Gasteiger partial charge in [0.15, 0.2) is 0 Å². The van der Waals surface area contributed by atoms with Crippen LogP contribution in [-0.2, 0) is 9.59 Å². The van der Waals surface area contributed by atoms with Crippen LogP contribution in [0.4, 0.5) is 0 Å². The van der Waals surface area contributed by atoms with Gasteiger partial charge in [-0.2, -0.15) is 11.8 Å². The van der Waals surface area contributed by atoms with Crippen LogP contribution in [0.2, 0.25) is 0 Å². The minimum absolute atomic E-state index is 0.102. The van der Waals surface area contributed by atoms with E-state index in [0.29, 0.717) is 25.3 Å². The zero-order valence-corrected chi connectivity index (χ0v) is 15.8. The molecule has 0 aromatic carbocycles. The zero-order valence-electron chi connectivity index (χ0n) is 14.9. The summed E-state index contributed by atoms with van der Waals surface area (Å²) in [5.41, 5.74) is 0. The number of hydrogen-bond donors (Lipinski definition) is 2. The second-order valence-electron chi connectivity index (χ2n) is 7.14. The summed E-state index contributed by atoms with van der Waals surface area (Å²) in [6, 6.07) is 0.102. The number of carboxylic acid groups (broad SMARTS) is 1. The molecule has 1 amide bonds. The first-order chi connectivity index (χ1) is 12.1. The molecule has 2 fully saturated rings. The van der Waals surface area contributed by atoms with E-state index in [2.05, 4.69) is 0 Å². The molecule has 0 aromatic rings. The highest BCUT2D eigenvalue weighted by atomic mass is 32.2. The van der Waals surface area contributed by atoms with Gasteiger partial charge in [0.05, 0.1) is 12.1 Å². The van der Waals surface area contributed by atoms with Gasteiger partial charge < -0.3 is 15.1 Å². The Morgan fingerprint density at radius 3 is 2.76 bits per heavy atom. The van der Waals surface area contributed by atoms with E-state index in [-0.39, 0.29) is 18.4 Å². The first-order valence-corrected chi connectivity index (χ1v) is 10.7. The van der Waals surface area contributed by atoms with Gasteiger partial charge in [-0.15, -0.1) is 0 Å². The lowest BCUT2D eigenvalue weighted by atomic mass is 9.99. The van der Waals surface area contributed by atoms with Crippen molar-refractivity contribution in [2.45, 2.75) is 69.9 Å². The minimum atomic E-state index is -0.753. The van der Waals surface area contributed by atoms with E-state index in [1.165, 1.54) is 25.7 Å². The van der Waals surface area contributed by atoms with E-state index in [9.17, 15) is 14.7 Å². The molecule has 6 heteroatoms. The normalized spacial score (nSPS) is 23.0. The van der Waals surface area contributed by atoms with E-state index in [4.69, 9.17) is 5.11 Å². The summed E-state index contributed by atoms with van der Waals surface area (Å²) in [6.07, 6.45) is 11.7. The second kappa shape index (κ2) is 10.9. The zero-order chi connectivity index (χ0) is 18.1. The number of aliphatic hydroxyl groups excluding tert-OH is 1. The lowest BCUT2D eigenvalue weighted by Gasteiger charge is -2.22. The third-order valence-electron chi connectivity index (χ3n) is 5.14. The van der Waals surface area contributed by atoms with E-state index in [1.807, 2.05) is 17.1 Å². The van der Waals surface area contributed by atoms with Crippen LogP contribution in [-0.4, -0.2) is 57.2 Å². The van der Waals surface area contributed by atoms with Crippen molar-refractivity contribution in [2.75, 3.05) is 18.1 Å². The molecule has 0 radical (unpaired) electrons. The lowest BCUT2D eigenvalue weighted by molar-refractivity contribution is -0.137. The van der Waals surface area contributed by atoms with Gasteiger partial charge in [-0.25, -0.2) is 0 Å². The van der Waals surface area contributed by atoms with Crippen LogP contribution in [0.3, 0.4) is 0 Å². The Morgan fingerprint density at radius 2 is 2.04 bits per heavy atom. The molecule has 0 aromatic heterocycles. The van der Waals surface area contributed by atoms with E-state index < -0.39 is 12.1 Å². The molecule has 5 nitrogen and oxygen atoms in total. The van der Waals surface area contributed by atoms with Gasteiger partial charge in [-0.1, -0.05) is 37.8 Å². The number of amides is 1. The summed E-state index contributed by atoms with van der Waals surface area (Å²) in [5, 5.41) is 18.8. The Bertz CT molecular complexity index is 462. The van der Waals surface area contributed by atoms with E-state index in [1.54, 1.807) is 11.8 Å². The summed E-state index contributed by atoms with van der Waals surface area (Å²) in [5.74, 6) is 1.74. The quantitative estimate of drug-likeness (QED) is 0.432. The average Bonchev–Trinajstić information content (AvgIpc) is 3.19. The highest BCUT2D eigenvalue weighted by Crippen LogP contribution is 2.29. The van der Waals surface area contributed by atoms with Gasteiger partial charge in [-0.3, -0.25) is 9.59 Å².